The number of aromatic nitrogens is 5. The number of nitrogens with zero attached hydrogens (tertiary/aromatic N) is 6. The summed E-state index contributed by atoms with van der Waals surface area (Å²) in [7, 11) is 1.50. The van der Waals surface area contributed by atoms with Crippen LogP contribution in [0.15, 0.2) is 78.0 Å². The van der Waals surface area contributed by atoms with E-state index in [2.05, 4.69) is 31.3 Å². The molecule has 0 amide bonds. The van der Waals surface area contributed by atoms with Crippen molar-refractivity contribution in [3.8, 4) is 28.9 Å². The van der Waals surface area contributed by atoms with Gasteiger partial charge in [-0.25, -0.2) is 15.0 Å². The first-order valence-corrected chi connectivity index (χ1v) is 11.7. The van der Waals surface area contributed by atoms with Gasteiger partial charge in [-0.2, -0.15) is 10.2 Å². The predicted molar refractivity (Wildman–Crippen MR) is 141 cm³/mol. The largest absolute Gasteiger partial charge is 0.467 e. The highest BCUT2D eigenvalue weighted by atomic mass is 35.5. The lowest BCUT2D eigenvalue weighted by molar-refractivity contribution is 0.380. The SMILES string of the molecule is COc1ncc(-c2cccc3cc([C@H](C)Nc4nc(Cl)ncc4C#N)n(-c4ccccc4)c(=O)c23)cn1. The number of fused-ring (bicyclic) bond motifs is 1. The van der Waals surface area contributed by atoms with Crippen LogP contribution in [0, 0.1) is 11.3 Å². The van der Waals surface area contributed by atoms with E-state index in [0.29, 0.717) is 27.9 Å². The van der Waals surface area contributed by atoms with Crippen LogP contribution in [-0.2, 0) is 0 Å². The van der Waals surface area contributed by atoms with Gasteiger partial charge >= 0.3 is 6.01 Å². The Hall–Kier alpha value is -4.81. The number of pyridine rings is 1. The Kier molecular flexibility index (Phi) is 6.49. The minimum Gasteiger partial charge on any atom is -0.467 e. The molecule has 10 heteroatoms. The van der Waals surface area contributed by atoms with E-state index in [1.54, 1.807) is 17.0 Å². The van der Waals surface area contributed by atoms with Crippen molar-refractivity contribution in [1.29, 1.82) is 5.26 Å². The summed E-state index contributed by atoms with van der Waals surface area (Å²) in [6.45, 7) is 1.89. The number of nitriles is 1. The molecule has 1 atom stereocenters. The maximum Gasteiger partial charge on any atom is 0.316 e. The zero-order valence-electron chi connectivity index (χ0n) is 19.9. The number of halogens is 1. The second kappa shape index (κ2) is 10.0. The van der Waals surface area contributed by atoms with Gasteiger partial charge in [0, 0.05) is 29.3 Å². The fourth-order valence-electron chi connectivity index (χ4n) is 4.18. The van der Waals surface area contributed by atoms with Gasteiger partial charge in [0.25, 0.3) is 5.56 Å². The van der Waals surface area contributed by atoms with Crippen LogP contribution in [0.2, 0.25) is 5.28 Å². The van der Waals surface area contributed by atoms with E-state index in [1.807, 2.05) is 61.5 Å². The first-order valence-electron chi connectivity index (χ1n) is 11.3. The lowest BCUT2D eigenvalue weighted by Crippen LogP contribution is -2.26. The van der Waals surface area contributed by atoms with Crippen molar-refractivity contribution in [3.63, 3.8) is 0 Å². The van der Waals surface area contributed by atoms with Crippen molar-refractivity contribution in [2.75, 3.05) is 12.4 Å². The third kappa shape index (κ3) is 4.58. The van der Waals surface area contributed by atoms with E-state index in [9.17, 15) is 10.1 Å². The van der Waals surface area contributed by atoms with Gasteiger partial charge in [0.1, 0.15) is 17.5 Å². The Bertz CT molecular complexity index is 1700. The highest BCUT2D eigenvalue weighted by Crippen LogP contribution is 2.30. The van der Waals surface area contributed by atoms with E-state index in [0.717, 1.165) is 5.39 Å². The van der Waals surface area contributed by atoms with Gasteiger partial charge in [0.15, 0.2) is 0 Å². The van der Waals surface area contributed by atoms with Crippen molar-refractivity contribution in [1.82, 2.24) is 24.5 Å². The lowest BCUT2D eigenvalue weighted by atomic mass is 9.99. The third-order valence-corrected chi connectivity index (χ3v) is 6.07. The van der Waals surface area contributed by atoms with Gasteiger partial charge in [-0.15, -0.1) is 0 Å². The molecule has 0 aliphatic heterocycles. The molecule has 5 aromatic rings. The smallest absolute Gasteiger partial charge is 0.316 e. The van der Waals surface area contributed by atoms with Gasteiger partial charge in [0.05, 0.1) is 24.7 Å². The van der Waals surface area contributed by atoms with Crippen molar-refractivity contribution in [2.45, 2.75) is 13.0 Å². The summed E-state index contributed by atoms with van der Waals surface area (Å²) < 4.78 is 6.73. The monoisotopic (exact) mass is 509 g/mol. The average molecular weight is 510 g/mol. The summed E-state index contributed by atoms with van der Waals surface area (Å²) in [6.07, 6.45) is 4.62. The number of nitrogens with one attached hydrogen (secondary N) is 1. The van der Waals surface area contributed by atoms with Crippen LogP contribution in [0.5, 0.6) is 6.01 Å². The molecule has 37 heavy (non-hydrogen) atoms. The Labute approximate surface area is 217 Å². The van der Waals surface area contributed by atoms with E-state index >= 15 is 0 Å². The molecule has 0 aliphatic carbocycles. The van der Waals surface area contributed by atoms with Crippen LogP contribution in [0.1, 0.15) is 24.2 Å². The topological polar surface area (TPSA) is 119 Å². The minimum atomic E-state index is -0.427. The maximum atomic E-state index is 14.2. The molecule has 0 saturated heterocycles. The number of benzene rings is 2. The Balaban J connectivity index is 1.73. The molecule has 182 valence electrons. The van der Waals surface area contributed by atoms with Gasteiger partial charge in [0.2, 0.25) is 5.28 Å². The minimum absolute atomic E-state index is 0.0130. The summed E-state index contributed by atoms with van der Waals surface area (Å²) in [5.74, 6) is 0.284. The van der Waals surface area contributed by atoms with E-state index in [-0.39, 0.29) is 28.2 Å². The summed E-state index contributed by atoms with van der Waals surface area (Å²) in [5, 5.41) is 14.0. The predicted octanol–water partition coefficient (Wildman–Crippen LogP) is 4.94. The standard InChI is InChI=1S/C27H20ClN7O2/c1-16(33-24-18(12-29)13-30-26(28)34-24)22-11-17-7-6-10-21(19-14-31-27(37-2)32-15-19)23(17)25(36)35(22)20-8-4-3-5-9-20/h3-11,13-16H,1-2H3,(H,30,33,34)/t16-/m0/s1. The number of hydrogen-bond acceptors (Lipinski definition) is 8. The third-order valence-electron chi connectivity index (χ3n) is 5.89. The molecular weight excluding hydrogens is 490 g/mol. The summed E-state index contributed by atoms with van der Waals surface area (Å²) in [6, 6.07) is 18.8. The Morgan fingerprint density at radius 3 is 2.51 bits per heavy atom. The number of rotatable bonds is 6. The molecule has 3 heterocycles. The summed E-state index contributed by atoms with van der Waals surface area (Å²) in [4.78, 5) is 30.6. The van der Waals surface area contributed by atoms with Crippen molar-refractivity contribution in [2.24, 2.45) is 0 Å². The zero-order chi connectivity index (χ0) is 25.9. The van der Waals surface area contributed by atoms with Gasteiger partial charge in [-0.3, -0.25) is 9.36 Å². The lowest BCUT2D eigenvalue weighted by Gasteiger charge is -2.22. The summed E-state index contributed by atoms with van der Waals surface area (Å²) in [5.41, 5.74) is 2.80. The molecule has 0 bridgehead atoms. The zero-order valence-corrected chi connectivity index (χ0v) is 20.6. The molecule has 0 saturated carbocycles. The second-order valence-corrected chi connectivity index (χ2v) is 8.49. The molecule has 0 aliphatic rings. The number of hydrogen-bond donors (Lipinski definition) is 1. The van der Waals surface area contributed by atoms with Gasteiger partial charge in [-0.05, 0) is 47.7 Å². The fraction of sp³-hybridized carbons (Fsp3) is 0.111. The van der Waals surface area contributed by atoms with Crippen LogP contribution in [0.25, 0.3) is 27.6 Å². The van der Waals surface area contributed by atoms with Crippen LogP contribution in [-0.4, -0.2) is 31.6 Å². The van der Waals surface area contributed by atoms with E-state index < -0.39 is 6.04 Å². The molecule has 0 radical (unpaired) electrons. The Morgan fingerprint density at radius 2 is 1.81 bits per heavy atom. The quantitative estimate of drug-likeness (QED) is 0.319. The normalized spacial score (nSPS) is 11.6. The average Bonchev–Trinajstić information content (AvgIpc) is 2.93. The first-order chi connectivity index (χ1) is 18.0. The highest BCUT2D eigenvalue weighted by molar-refractivity contribution is 6.28. The number of anilines is 1. The van der Waals surface area contributed by atoms with Gasteiger partial charge in [-0.1, -0.05) is 36.4 Å². The molecule has 5 rings (SSSR count). The molecule has 2 aromatic carbocycles. The molecule has 9 nitrogen and oxygen atoms in total. The van der Waals surface area contributed by atoms with Gasteiger partial charge < -0.3 is 10.1 Å². The first kappa shape index (κ1) is 23.9. The van der Waals surface area contributed by atoms with Crippen LogP contribution in [0.3, 0.4) is 0 Å². The maximum absolute atomic E-state index is 14.2. The molecule has 0 spiro atoms. The second-order valence-electron chi connectivity index (χ2n) is 8.15. The van der Waals surface area contributed by atoms with Crippen LogP contribution >= 0.6 is 11.6 Å². The molecule has 1 N–H and O–H groups in total. The molecular formula is C27H20ClN7O2. The fourth-order valence-corrected chi connectivity index (χ4v) is 4.31. The summed E-state index contributed by atoms with van der Waals surface area (Å²) >= 11 is 5.98. The molecule has 0 fully saturated rings. The Morgan fingerprint density at radius 1 is 1.05 bits per heavy atom. The van der Waals surface area contributed by atoms with Crippen molar-refractivity contribution >= 4 is 28.2 Å². The molecule has 0 unspecified atom stereocenters. The van der Waals surface area contributed by atoms with Crippen molar-refractivity contribution in [3.05, 3.63) is 100 Å². The van der Waals surface area contributed by atoms with E-state index in [1.165, 1.54) is 13.3 Å². The molecule has 3 aromatic heterocycles. The number of methoxy groups -OCH3 is 1. The van der Waals surface area contributed by atoms with E-state index in [4.69, 9.17) is 16.3 Å². The highest BCUT2D eigenvalue weighted by Gasteiger charge is 2.20. The van der Waals surface area contributed by atoms with Crippen LogP contribution in [0.4, 0.5) is 5.82 Å². The number of para-hydroxylation sites is 1. The van der Waals surface area contributed by atoms with Crippen molar-refractivity contribution < 1.29 is 4.74 Å². The number of ether oxygens (including phenoxy) is 1. The van der Waals surface area contributed by atoms with Crippen LogP contribution < -0.4 is 15.6 Å².